The maximum Gasteiger partial charge on any atom is 0.256 e. The number of aryl methyl sites for hydroxylation is 3. The molecule has 0 spiro atoms. The lowest BCUT2D eigenvalue weighted by Crippen LogP contribution is -2.42. The van der Waals surface area contributed by atoms with E-state index < -0.39 is 5.41 Å². The molecule has 1 N–H and O–H groups in total. The monoisotopic (exact) mass is 422 g/mol. The van der Waals surface area contributed by atoms with Crippen LogP contribution in [-0.2, 0) is 4.79 Å². The highest BCUT2D eigenvalue weighted by Gasteiger charge is 2.37. The highest BCUT2D eigenvalue weighted by atomic mass is 16.5. The smallest absolute Gasteiger partial charge is 0.256 e. The summed E-state index contributed by atoms with van der Waals surface area (Å²) in [6.07, 6.45) is 0.888. The lowest BCUT2D eigenvalue weighted by Gasteiger charge is -2.28. The van der Waals surface area contributed by atoms with Crippen molar-refractivity contribution in [2.75, 3.05) is 23.4 Å². The van der Waals surface area contributed by atoms with Crippen molar-refractivity contribution in [2.45, 2.75) is 54.9 Å². The van der Waals surface area contributed by atoms with Gasteiger partial charge in [0.05, 0.1) is 11.1 Å². The molecule has 5 heteroatoms. The molecule has 0 bridgehead atoms. The van der Waals surface area contributed by atoms with E-state index in [1.165, 1.54) is 0 Å². The molecule has 31 heavy (non-hydrogen) atoms. The number of nitrogens with one attached hydrogen (secondary N) is 1. The average molecular weight is 423 g/mol. The molecule has 2 aromatic carbocycles. The molecule has 0 unspecified atom stereocenters. The van der Waals surface area contributed by atoms with Crippen LogP contribution in [0.1, 0.15) is 61.2 Å². The Labute approximate surface area is 185 Å². The number of ether oxygens (including phenoxy) is 1. The van der Waals surface area contributed by atoms with E-state index >= 15 is 0 Å². The van der Waals surface area contributed by atoms with Gasteiger partial charge in [-0.1, -0.05) is 31.5 Å². The fourth-order valence-electron chi connectivity index (χ4n) is 4.06. The van der Waals surface area contributed by atoms with E-state index in [1.54, 1.807) is 0 Å². The Morgan fingerprint density at radius 1 is 1.13 bits per heavy atom. The molecule has 0 fully saturated rings. The third kappa shape index (κ3) is 4.92. The molecule has 0 aromatic heterocycles. The van der Waals surface area contributed by atoms with Crippen molar-refractivity contribution in [1.82, 2.24) is 0 Å². The van der Waals surface area contributed by atoms with Crippen molar-refractivity contribution in [3.63, 3.8) is 0 Å². The minimum atomic E-state index is -0.616. The van der Waals surface area contributed by atoms with E-state index in [0.717, 1.165) is 23.1 Å². The lowest BCUT2D eigenvalue weighted by atomic mass is 9.92. The molecule has 3 rings (SSSR count). The topological polar surface area (TPSA) is 58.6 Å². The first-order valence-electron chi connectivity index (χ1n) is 11.0. The van der Waals surface area contributed by atoms with Crippen molar-refractivity contribution in [3.05, 3.63) is 52.6 Å². The van der Waals surface area contributed by atoms with Gasteiger partial charge in [-0.05, 0) is 76.3 Å². The maximum atomic E-state index is 13.3. The van der Waals surface area contributed by atoms with Crippen molar-refractivity contribution in [1.29, 1.82) is 0 Å². The predicted octanol–water partition coefficient (Wildman–Crippen LogP) is 5.66. The number of carbonyl (C=O) groups excluding carboxylic acids is 2. The second kappa shape index (κ2) is 8.74. The van der Waals surface area contributed by atoms with Crippen LogP contribution in [0.25, 0.3) is 0 Å². The van der Waals surface area contributed by atoms with Gasteiger partial charge in [-0.15, -0.1) is 0 Å². The van der Waals surface area contributed by atoms with Gasteiger partial charge in [-0.3, -0.25) is 9.59 Å². The third-order valence-electron chi connectivity index (χ3n) is 5.75. The summed E-state index contributed by atoms with van der Waals surface area (Å²) in [5, 5.41) is 3.02. The summed E-state index contributed by atoms with van der Waals surface area (Å²) >= 11 is 0. The van der Waals surface area contributed by atoms with Crippen molar-refractivity contribution >= 4 is 23.2 Å². The summed E-state index contributed by atoms with van der Waals surface area (Å²) in [4.78, 5) is 28.1. The van der Waals surface area contributed by atoms with Crippen LogP contribution < -0.4 is 15.0 Å². The van der Waals surface area contributed by atoms with Crippen LogP contribution in [0.2, 0.25) is 0 Å². The number of fused-ring (bicyclic) bond motifs is 1. The minimum absolute atomic E-state index is 0.0422. The van der Waals surface area contributed by atoms with E-state index in [-0.39, 0.29) is 11.8 Å². The van der Waals surface area contributed by atoms with Crippen LogP contribution in [0.3, 0.4) is 0 Å². The standard InChI is InChI=1S/C26H34N2O3/c1-16(2)10-11-28-21-14-20(8-9-22(21)31-15-26(6,7)25(28)30)27-24(29)23-18(4)12-17(3)13-19(23)5/h8-9,12-14,16H,10-11,15H2,1-7H3,(H,27,29). The Hall–Kier alpha value is -2.82. The van der Waals surface area contributed by atoms with Crippen molar-refractivity contribution in [2.24, 2.45) is 11.3 Å². The molecule has 2 amide bonds. The van der Waals surface area contributed by atoms with Gasteiger partial charge in [0.25, 0.3) is 5.91 Å². The fraction of sp³-hybridized carbons (Fsp3) is 0.462. The summed E-state index contributed by atoms with van der Waals surface area (Å²) in [5.41, 5.74) is 4.46. The Morgan fingerprint density at radius 3 is 2.39 bits per heavy atom. The van der Waals surface area contributed by atoms with Crippen molar-refractivity contribution < 1.29 is 14.3 Å². The summed E-state index contributed by atoms with van der Waals surface area (Å²) in [5.74, 6) is 1.03. The normalized spacial score (nSPS) is 15.4. The molecule has 0 radical (unpaired) electrons. The van der Waals surface area contributed by atoms with E-state index in [2.05, 4.69) is 19.2 Å². The molecule has 5 nitrogen and oxygen atoms in total. The molecule has 166 valence electrons. The molecular weight excluding hydrogens is 388 g/mol. The Balaban J connectivity index is 1.95. The number of amides is 2. The molecule has 1 heterocycles. The lowest BCUT2D eigenvalue weighted by molar-refractivity contribution is -0.127. The second-order valence-corrected chi connectivity index (χ2v) is 9.72. The molecule has 1 aliphatic heterocycles. The average Bonchev–Trinajstić information content (AvgIpc) is 2.74. The van der Waals surface area contributed by atoms with Crippen LogP contribution in [-0.4, -0.2) is 25.0 Å². The third-order valence-corrected chi connectivity index (χ3v) is 5.75. The second-order valence-electron chi connectivity index (χ2n) is 9.72. The SMILES string of the molecule is Cc1cc(C)c(C(=O)Nc2ccc3c(c2)N(CCC(C)C)C(=O)C(C)(C)CO3)c(C)c1. The molecular formula is C26H34N2O3. The van der Waals surface area contributed by atoms with Crippen LogP contribution in [0.4, 0.5) is 11.4 Å². The van der Waals surface area contributed by atoms with Crippen LogP contribution in [0, 0.1) is 32.1 Å². The zero-order valence-corrected chi connectivity index (χ0v) is 19.8. The van der Waals surface area contributed by atoms with Gasteiger partial charge in [0, 0.05) is 17.8 Å². The van der Waals surface area contributed by atoms with E-state index in [9.17, 15) is 9.59 Å². The summed E-state index contributed by atoms with van der Waals surface area (Å²) < 4.78 is 5.99. The first-order chi connectivity index (χ1) is 14.5. The first kappa shape index (κ1) is 22.9. The molecule has 0 atom stereocenters. The van der Waals surface area contributed by atoms with Crippen molar-refractivity contribution in [3.8, 4) is 5.75 Å². The van der Waals surface area contributed by atoms with Crippen LogP contribution in [0.15, 0.2) is 30.3 Å². The fourth-order valence-corrected chi connectivity index (χ4v) is 4.06. The highest BCUT2D eigenvalue weighted by molar-refractivity contribution is 6.07. The summed E-state index contributed by atoms with van der Waals surface area (Å²) in [6, 6.07) is 9.56. The summed E-state index contributed by atoms with van der Waals surface area (Å²) in [7, 11) is 0. The molecule has 0 saturated carbocycles. The number of benzene rings is 2. The number of hydrogen-bond acceptors (Lipinski definition) is 3. The van der Waals surface area contributed by atoms with Gasteiger partial charge >= 0.3 is 0 Å². The number of rotatable bonds is 5. The predicted molar refractivity (Wildman–Crippen MR) is 126 cm³/mol. The Bertz CT molecular complexity index is 985. The molecule has 1 aliphatic rings. The number of hydrogen-bond donors (Lipinski definition) is 1. The van der Waals surface area contributed by atoms with Gasteiger partial charge < -0.3 is 15.0 Å². The van der Waals surface area contributed by atoms with E-state index in [4.69, 9.17) is 4.74 Å². The van der Waals surface area contributed by atoms with Gasteiger partial charge in [-0.25, -0.2) is 0 Å². The molecule has 2 aromatic rings. The number of anilines is 2. The van der Waals surface area contributed by atoms with Gasteiger partial charge in [0.2, 0.25) is 5.91 Å². The zero-order chi connectivity index (χ0) is 22.9. The van der Waals surface area contributed by atoms with Crippen LogP contribution >= 0.6 is 0 Å². The molecule has 0 aliphatic carbocycles. The maximum absolute atomic E-state index is 13.3. The first-order valence-corrected chi connectivity index (χ1v) is 11.0. The number of nitrogens with zero attached hydrogens (tertiary/aromatic N) is 1. The van der Waals surface area contributed by atoms with Gasteiger partial charge in [0.1, 0.15) is 12.4 Å². The van der Waals surface area contributed by atoms with Gasteiger partial charge in [0.15, 0.2) is 0 Å². The summed E-state index contributed by atoms with van der Waals surface area (Å²) in [6.45, 7) is 15.0. The van der Waals surface area contributed by atoms with E-state index in [0.29, 0.717) is 41.8 Å². The largest absolute Gasteiger partial charge is 0.490 e. The highest BCUT2D eigenvalue weighted by Crippen LogP contribution is 2.38. The number of carbonyl (C=O) groups is 2. The quantitative estimate of drug-likeness (QED) is 0.676. The Kier molecular flexibility index (Phi) is 6.44. The zero-order valence-electron chi connectivity index (χ0n) is 19.8. The van der Waals surface area contributed by atoms with E-state index in [1.807, 2.05) is 69.9 Å². The van der Waals surface area contributed by atoms with Crippen LogP contribution in [0.5, 0.6) is 5.75 Å². The van der Waals surface area contributed by atoms with Gasteiger partial charge in [-0.2, -0.15) is 0 Å². The molecule has 0 saturated heterocycles. The Morgan fingerprint density at radius 2 is 1.77 bits per heavy atom. The minimum Gasteiger partial charge on any atom is -0.490 e.